The van der Waals surface area contributed by atoms with Gasteiger partial charge in [-0.05, 0) is 11.6 Å². The van der Waals surface area contributed by atoms with E-state index in [4.69, 9.17) is 11.6 Å². The lowest BCUT2D eigenvalue weighted by Crippen LogP contribution is -2.13. The molecule has 0 aliphatic carbocycles. The lowest BCUT2D eigenvalue weighted by Gasteiger charge is -2.02. The highest BCUT2D eigenvalue weighted by atomic mass is 35.5. The smallest absolute Gasteiger partial charge is 0.226 e. The molecule has 1 aromatic heterocycles. The summed E-state index contributed by atoms with van der Waals surface area (Å²) in [5, 5.41) is 4.00. The average molecular weight is 385 g/mol. The predicted molar refractivity (Wildman–Crippen MR) is 105 cm³/mol. The van der Waals surface area contributed by atoms with E-state index in [0.29, 0.717) is 22.1 Å². The quantitative estimate of drug-likeness (QED) is 0.584. The largest absolute Gasteiger partial charge is 0.302 e. The molecule has 3 aromatic rings. The zero-order valence-electron chi connectivity index (χ0n) is 13.9. The molecule has 3 rings (SSSR count). The van der Waals surface area contributed by atoms with Crippen LogP contribution >= 0.6 is 22.9 Å². The van der Waals surface area contributed by atoms with Crippen molar-refractivity contribution in [1.29, 1.82) is 0 Å². The van der Waals surface area contributed by atoms with E-state index < -0.39 is 0 Å². The lowest BCUT2D eigenvalue weighted by molar-refractivity contribution is -0.116. The Bertz CT molecular complexity index is 909. The molecule has 0 saturated heterocycles. The normalized spacial score (nSPS) is 10.5. The third-order valence-corrected chi connectivity index (χ3v) is 5.08. The fourth-order valence-corrected chi connectivity index (χ4v) is 3.51. The van der Waals surface area contributed by atoms with Gasteiger partial charge in [-0.3, -0.25) is 9.59 Å². The molecule has 0 atom stereocenters. The number of carbonyl (C=O) groups is 2. The van der Waals surface area contributed by atoms with Gasteiger partial charge >= 0.3 is 0 Å². The SMILES string of the molecule is O=C(CCC(=O)c1ccccc1)Nc1ncc(Cc2ccccc2Cl)s1. The first-order valence-electron chi connectivity index (χ1n) is 8.18. The molecule has 1 amide bonds. The topological polar surface area (TPSA) is 59.1 Å². The van der Waals surface area contributed by atoms with Gasteiger partial charge in [-0.25, -0.2) is 4.98 Å². The van der Waals surface area contributed by atoms with Crippen molar-refractivity contribution in [3.05, 3.63) is 81.8 Å². The minimum atomic E-state index is -0.215. The summed E-state index contributed by atoms with van der Waals surface area (Å²) in [4.78, 5) is 29.3. The highest BCUT2D eigenvalue weighted by Gasteiger charge is 2.11. The first-order chi connectivity index (χ1) is 12.6. The number of rotatable bonds is 7. The van der Waals surface area contributed by atoms with Gasteiger partial charge in [-0.15, -0.1) is 11.3 Å². The van der Waals surface area contributed by atoms with Gasteiger partial charge in [0, 0.05) is 40.9 Å². The molecular formula is C20H17ClN2O2S. The van der Waals surface area contributed by atoms with E-state index in [1.54, 1.807) is 18.3 Å². The lowest BCUT2D eigenvalue weighted by atomic mass is 10.1. The number of Topliss-reactive ketones (excluding diaryl/α,β-unsaturated/α-hetero) is 1. The maximum atomic E-state index is 12.1. The zero-order valence-corrected chi connectivity index (χ0v) is 15.5. The summed E-state index contributed by atoms with van der Waals surface area (Å²) in [5.41, 5.74) is 1.64. The van der Waals surface area contributed by atoms with Crippen LogP contribution in [0, 0.1) is 0 Å². The Labute approximate surface area is 160 Å². The molecule has 0 saturated carbocycles. The van der Waals surface area contributed by atoms with Crippen molar-refractivity contribution in [3.63, 3.8) is 0 Å². The molecule has 0 spiro atoms. The van der Waals surface area contributed by atoms with Crippen molar-refractivity contribution < 1.29 is 9.59 Å². The Kier molecular flexibility index (Phi) is 6.15. The number of carbonyl (C=O) groups excluding carboxylic acids is 2. The van der Waals surface area contributed by atoms with Gasteiger partial charge in [-0.2, -0.15) is 0 Å². The molecule has 0 aliphatic heterocycles. The van der Waals surface area contributed by atoms with Crippen LogP contribution in [0.5, 0.6) is 0 Å². The first kappa shape index (κ1) is 18.3. The van der Waals surface area contributed by atoms with Crippen molar-refractivity contribution >= 4 is 39.8 Å². The summed E-state index contributed by atoms with van der Waals surface area (Å²) in [6.45, 7) is 0. The molecule has 4 nitrogen and oxygen atoms in total. The summed E-state index contributed by atoms with van der Waals surface area (Å²) in [7, 11) is 0. The number of hydrogen-bond acceptors (Lipinski definition) is 4. The Hall–Kier alpha value is -2.50. The van der Waals surface area contributed by atoms with Crippen molar-refractivity contribution in [3.8, 4) is 0 Å². The highest BCUT2D eigenvalue weighted by Crippen LogP contribution is 2.24. The fraction of sp³-hybridized carbons (Fsp3) is 0.150. The predicted octanol–water partition coefficient (Wildman–Crippen LogP) is 4.99. The molecule has 0 fully saturated rings. The van der Waals surface area contributed by atoms with Gasteiger partial charge in [0.2, 0.25) is 5.91 Å². The Morgan fingerprint density at radius 2 is 1.73 bits per heavy atom. The summed E-state index contributed by atoms with van der Waals surface area (Å²) < 4.78 is 0. The molecule has 1 N–H and O–H groups in total. The molecule has 0 bridgehead atoms. The molecular weight excluding hydrogens is 368 g/mol. The second-order valence-corrected chi connectivity index (χ2v) is 7.26. The maximum absolute atomic E-state index is 12.1. The number of benzene rings is 2. The molecule has 0 radical (unpaired) electrons. The van der Waals surface area contributed by atoms with Crippen molar-refractivity contribution in [2.45, 2.75) is 19.3 Å². The van der Waals surface area contributed by atoms with E-state index in [9.17, 15) is 9.59 Å². The average Bonchev–Trinajstić information content (AvgIpc) is 3.09. The second-order valence-electron chi connectivity index (χ2n) is 5.74. The summed E-state index contributed by atoms with van der Waals surface area (Å²) >= 11 is 7.58. The van der Waals surface area contributed by atoms with Crippen LogP contribution in [0.1, 0.15) is 33.6 Å². The maximum Gasteiger partial charge on any atom is 0.226 e. The van der Waals surface area contributed by atoms with Gasteiger partial charge in [0.25, 0.3) is 0 Å². The van der Waals surface area contributed by atoms with Crippen LogP contribution in [0.2, 0.25) is 5.02 Å². The number of halogens is 1. The summed E-state index contributed by atoms with van der Waals surface area (Å²) in [6, 6.07) is 16.6. The summed E-state index contributed by atoms with van der Waals surface area (Å²) in [6.07, 6.45) is 2.71. The number of anilines is 1. The van der Waals surface area contributed by atoms with E-state index in [2.05, 4.69) is 10.3 Å². The van der Waals surface area contributed by atoms with Crippen LogP contribution in [0.25, 0.3) is 0 Å². The van der Waals surface area contributed by atoms with Crippen molar-refractivity contribution in [2.24, 2.45) is 0 Å². The third-order valence-electron chi connectivity index (χ3n) is 3.80. The van der Waals surface area contributed by atoms with Gasteiger partial charge in [0.05, 0.1) is 0 Å². The molecule has 132 valence electrons. The molecule has 26 heavy (non-hydrogen) atoms. The Morgan fingerprint density at radius 3 is 2.50 bits per heavy atom. The van der Waals surface area contributed by atoms with Crippen molar-refractivity contribution in [2.75, 3.05) is 5.32 Å². The molecule has 0 unspecified atom stereocenters. The molecule has 0 aliphatic rings. The van der Waals surface area contributed by atoms with Crippen LogP contribution in [0.3, 0.4) is 0 Å². The number of hydrogen-bond donors (Lipinski definition) is 1. The minimum Gasteiger partial charge on any atom is -0.302 e. The number of aromatic nitrogens is 1. The Balaban J connectivity index is 1.51. The Morgan fingerprint density at radius 1 is 1.00 bits per heavy atom. The van der Waals surface area contributed by atoms with Crippen LogP contribution in [-0.4, -0.2) is 16.7 Å². The number of amides is 1. The number of nitrogens with one attached hydrogen (secondary N) is 1. The van der Waals surface area contributed by atoms with Crippen molar-refractivity contribution in [1.82, 2.24) is 4.98 Å². The van der Waals surface area contributed by atoms with Gasteiger partial charge in [0.1, 0.15) is 0 Å². The van der Waals surface area contributed by atoms with Gasteiger partial charge in [-0.1, -0.05) is 60.1 Å². The van der Waals surface area contributed by atoms with Crippen LogP contribution < -0.4 is 5.32 Å². The monoisotopic (exact) mass is 384 g/mol. The van der Waals surface area contributed by atoms with E-state index in [-0.39, 0.29) is 24.5 Å². The van der Waals surface area contributed by atoms with Crippen LogP contribution in [0.4, 0.5) is 5.13 Å². The standard InChI is InChI=1S/C20H17ClN2O2S/c21-17-9-5-4-8-15(17)12-16-13-22-20(26-16)23-19(25)11-10-18(24)14-6-2-1-3-7-14/h1-9,13H,10-12H2,(H,22,23,25). The number of ketones is 1. The van der Waals surface area contributed by atoms with Gasteiger partial charge in [0.15, 0.2) is 10.9 Å². The van der Waals surface area contributed by atoms with E-state index in [0.717, 1.165) is 10.4 Å². The van der Waals surface area contributed by atoms with E-state index in [1.165, 1.54) is 11.3 Å². The highest BCUT2D eigenvalue weighted by molar-refractivity contribution is 7.15. The molecule has 2 aromatic carbocycles. The first-order valence-corrected chi connectivity index (χ1v) is 9.37. The number of thiazole rings is 1. The molecule has 1 heterocycles. The van der Waals surface area contributed by atoms with E-state index in [1.807, 2.05) is 42.5 Å². The third kappa shape index (κ3) is 5.00. The second kappa shape index (κ2) is 8.74. The fourth-order valence-electron chi connectivity index (χ4n) is 2.45. The van der Waals surface area contributed by atoms with E-state index >= 15 is 0 Å². The summed E-state index contributed by atoms with van der Waals surface area (Å²) in [5.74, 6) is -0.257. The van der Waals surface area contributed by atoms with Gasteiger partial charge < -0.3 is 5.32 Å². The van der Waals surface area contributed by atoms with Crippen LogP contribution in [0.15, 0.2) is 60.8 Å². The van der Waals surface area contributed by atoms with Crippen LogP contribution in [-0.2, 0) is 11.2 Å². The number of nitrogens with zero attached hydrogens (tertiary/aromatic N) is 1. The minimum absolute atomic E-state index is 0.0423. The zero-order chi connectivity index (χ0) is 18.4. The molecule has 6 heteroatoms.